The maximum absolute atomic E-state index is 14.7. The van der Waals surface area contributed by atoms with E-state index in [1.165, 1.54) is 462 Å². The second-order valence-electron chi connectivity index (χ2n) is 44.3. The summed E-state index contributed by atoms with van der Waals surface area (Å²) in [6.45, 7) is 15.8. The molecule has 0 amide bonds. The number of benzene rings is 3. The Morgan fingerprint density at radius 1 is 0.115 bits per heavy atom. The average Bonchev–Trinajstić information content (AvgIpc) is 0.794. The predicted octanol–water partition coefficient (Wildman–Crippen LogP) is 39.3. The molecule has 0 saturated heterocycles. The molecule has 0 saturated carbocycles. The van der Waals surface area contributed by atoms with Gasteiger partial charge in [0.2, 0.25) is 104 Å². The van der Waals surface area contributed by atoms with Gasteiger partial charge >= 0.3 is 0 Å². The van der Waals surface area contributed by atoms with Crippen LogP contribution in [0.25, 0.3) is 0 Å². The molecule has 3 N–H and O–H groups in total. The van der Waals surface area contributed by atoms with Crippen molar-refractivity contribution in [2.24, 2.45) is 0 Å². The summed E-state index contributed by atoms with van der Waals surface area (Å²) in [5, 5.41) is 25.2. The van der Waals surface area contributed by atoms with Crippen LogP contribution in [0, 0.1) is 87.3 Å². The minimum Gasteiger partial charge on any atom is -0.907 e. The number of rotatable bonds is 105. The smallest absolute Gasteiger partial charge is 0.225 e. The van der Waals surface area contributed by atoms with E-state index in [1.807, 2.05) is 0 Å². The SMILES string of the molecule is CCCCCCCCCCCCCCCCCC[NH+](CCCCCCCCCCCCCCCCCC)c1c(F)c(F)c(F)c(F)c1F.CCCCCCCCCCCCCCCCCC[NH+](CCCCCCCCCCCCCCCCCC)c1c(F)c(F)c(F)c(F)c1F.CCCCCCCCCCCCCCCCCC[NH+](CCCCCCCCCCCCCCCCCC)c1c(F)c(F)c(F)c(F)c1F.[O-]B([O-])[O-]. The zero-order valence-corrected chi connectivity index (χ0v) is 96.1. The summed E-state index contributed by atoms with van der Waals surface area (Å²) in [6, 6.07) is 0. The molecule has 0 bridgehead atoms. The summed E-state index contributed by atoms with van der Waals surface area (Å²) >= 11 is 0. The molecule has 148 heavy (non-hydrogen) atoms. The van der Waals surface area contributed by atoms with E-state index in [1.54, 1.807) is 0 Å². The summed E-state index contributed by atoms with van der Waals surface area (Å²) in [4.78, 5) is 1.16. The van der Waals surface area contributed by atoms with Gasteiger partial charge in [0.1, 0.15) is 0 Å². The highest BCUT2D eigenvalue weighted by Crippen LogP contribution is 2.31. The van der Waals surface area contributed by atoms with E-state index >= 15 is 0 Å². The van der Waals surface area contributed by atoms with Gasteiger partial charge in [-0.15, -0.1) is 0 Å². The molecule has 0 aliphatic heterocycles. The summed E-state index contributed by atoms with van der Waals surface area (Å²) in [7, 11) is -2.92. The normalized spacial score (nSPS) is 11.6. The quantitative estimate of drug-likeness (QED) is 0.0173. The van der Waals surface area contributed by atoms with Crippen LogP contribution in [0.4, 0.5) is 82.9 Å². The topological polar surface area (TPSA) is 82.5 Å². The van der Waals surface area contributed by atoms with E-state index in [9.17, 15) is 65.9 Å². The van der Waals surface area contributed by atoms with Gasteiger partial charge in [0.05, 0.1) is 39.3 Å². The van der Waals surface area contributed by atoms with Crippen LogP contribution >= 0.6 is 0 Å². The summed E-state index contributed by atoms with van der Waals surface area (Å²) < 4.78 is 214. The van der Waals surface area contributed by atoms with E-state index < -0.39 is 112 Å². The Kier molecular flexibility index (Phi) is 105. The van der Waals surface area contributed by atoms with Crippen molar-refractivity contribution in [1.29, 1.82) is 0 Å². The number of unbranched alkanes of at least 4 members (excludes halogenated alkanes) is 90. The zero-order chi connectivity index (χ0) is 109. The van der Waals surface area contributed by atoms with E-state index in [0.29, 0.717) is 92.5 Å². The highest BCUT2D eigenvalue weighted by molar-refractivity contribution is 6.24. The molecule has 0 heterocycles. The maximum atomic E-state index is 14.7. The lowest BCUT2D eigenvalue weighted by molar-refractivity contribution is -0.836. The number of hydrogen-bond acceptors (Lipinski definition) is 3. The fourth-order valence-corrected chi connectivity index (χ4v) is 21.2. The molecule has 6 nitrogen and oxygen atoms in total. The highest BCUT2D eigenvalue weighted by atomic mass is 19.2. The van der Waals surface area contributed by atoms with Crippen LogP contribution in [0.5, 0.6) is 0 Å². The van der Waals surface area contributed by atoms with E-state index in [4.69, 9.17) is 15.1 Å². The van der Waals surface area contributed by atoms with Crippen molar-refractivity contribution >= 4 is 24.4 Å². The molecule has 0 aromatic heterocycles. The number of quaternary nitrogens is 3. The van der Waals surface area contributed by atoms with Crippen molar-refractivity contribution < 1.29 is 95.6 Å². The van der Waals surface area contributed by atoms with Crippen molar-refractivity contribution in [2.75, 3.05) is 39.3 Å². The Hall–Kier alpha value is -3.57. The molecule has 0 spiro atoms. The minimum atomic E-state index is -2.92. The molecular formula is C126H225BF15N3O3. The molecule has 3 rings (SSSR count). The van der Waals surface area contributed by atoms with Crippen LogP contribution < -0.4 is 29.8 Å². The second kappa shape index (κ2) is 108. The van der Waals surface area contributed by atoms with Crippen molar-refractivity contribution in [3.05, 3.63) is 87.3 Å². The van der Waals surface area contributed by atoms with E-state index in [2.05, 4.69) is 41.5 Å². The van der Waals surface area contributed by atoms with Gasteiger partial charge in [-0.2, -0.15) is 26.3 Å². The third kappa shape index (κ3) is 80.2. The number of nitrogens with one attached hydrogen (secondary N) is 3. The van der Waals surface area contributed by atoms with Crippen molar-refractivity contribution in [2.45, 2.75) is 658 Å². The zero-order valence-electron chi connectivity index (χ0n) is 96.1. The Bertz CT molecular complexity index is 2850. The van der Waals surface area contributed by atoms with Crippen LogP contribution in [-0.2, 0) is 0 Å². The first-order valence-corrected chi connectivity index (χ1v) is 63.2. The fourth-order valence-electron chi connectivity index (χ4n) is 21.2. The molecule has 870 valence electrons. The lowest BCUT2D eigenvalue weighted by atomic mass is 10.0. The van der Waals surface area contributed by atoms with Crippen molar-refractivity contribution in [1.82, 2.24) is 0 Å². The molecule has 3 aromatic carbocycles. The standard InChI is InChI=1S/3C42H74F5N.BO3/c3*1-3-5-7-9-11-13-15-17-19-21-23-25-27-29-31-33-35-48(42-40(46)38(44)37(43)39(45)41(42)47)36-34-32-30-28-26-24-22-20-18-16-14-12-10-8-6-4-2;2-1(3)4/h3*3-36H2,1-2H3;/q;;;-3/p+3. The largest absolute Gasteiger partial charge is 0.907 e. The molecule has 0 radical (unpaired) electrons. The first-order chi connectivity index (χ1) is 72.1. The molecule has 0 unspecified atom stereocenters. The van der Waals surface area contributed by atoms with E-state index in [0.717, 1.165) is 116 Å². The van der Waals surface area contributed by atoms with Gasteiger partial charge in [-0.25, -0.2) is 39.5 Å². The Labute approximate surface area is 899 Å². The fraction of sp³-hybridized carbons (Fsp3) is 0.857. The van der Waals surface area contributed by atoms with Gasteiger partial charge in [0, 0.05) is 0 Å². The Balaban J connectivity index is 0.00000215. The van der Waals surface area contributed by atoms with Gasteiger partial charge in [0.25, 0.3) is 0 Å². The highest BCUT2D eigenvalue weighted by Gasteiger charge is 2.36. The molecule has 0 aliphatic carbocycles. The van der Waals surface area contributed by atoms with Crippen LogP contribution in [0.15, 0.2) is 0 Å². The van der Waals surface area contributed by atoms with Crippen LogP contribution in [-0.4, -0.2) is 46.6 Å². The van der Waals surface area contributed by atoms with E-state index in [-0.39, 0.29) is 0 Å². The average molecular weight is 2130 g/mol. The molecular weight excluding hydrogens is 1900 g/mol. The number of hydrogen-bond donors (Lipinski definition) is 3. The Morgan fingerprint density at radius 2 is 0.176 bits per heavy atom. The van der Waals surface area contributed by atoms with Gasteiger partial charge in [-0.1, -0.05) is 581 Å². The Morgan fingerprint density at radius 3 is 0.250 bits per heavy atom. The molecule has 0 fully saturated rings. The summed E-state index contributed by atoms with van der Waals surface area (Å²) in [5.41, 5.74) is -2.02. The summed E-state index contributed by atoms with van der Waals surface area (Å²) in [6.07, 6.45) is 118. The monoisotopic (exact) mass is 2120 g/mol. The molecule has 0 atom stereocenters. The van der Waals surface area contributed by atoms with Gasteiger partial charge in [-0.3, -0.25) is 22.0 Å². The van der Waals surface area contributed by atoms with Crippen LogP contribution in [0.2, 0.25) is 0 Å². The maximum Gasteiger partial charge on any atom is 0.225 e. The number of halogens is 15. The molecule has 0 aliphatic rings. The van der Waals surface area contributed by atoms with Gasteiger partial charge < -0.3 is 15.1 Å². The van der Waals surface area contributed by atoms with Crippen LogP contribution in [0.3, 0.4) is 0 Å². The molecule has 3 aromatic rings. The van der Waals surface area contributed by atoms with Gasteiger partial charge in [0.15, 0.2) is 0 Å². The first kappa shape index (κ1) is 144. The lowest BCUT2D eigenvalue weighted by Gasteiger charge is -2.35. The first-order valence-electron chi connectivity index (χ1n) is 63.2. The summed E-state index contributed by atoms with van der Waals surface area (Å²) in [5.74, 6) is -27.2. The minimum absolute atomic E-state index is 0.384. The van der Waals surface area contributed by atoms with Gasteiger partial charge in [-0.05, 0) is 77.0 Å². The lowest BCUT2D eigenvalue weighted by Crippen LogP contribution is -3.07. The third-order valence-corrected chi connectivity index (χ3v) is 30.7. The van der Waals surface area contributed by atoms with Crippen molar-refractivity contribution in [3.8, 4) is 0 Å². The third-order valence-electron chi connectivity index (χ3n) is 30.7. The predicted molar refractivity (Wildman–Crippen MR) is 593 cm³/mol. The molecule has 22 heteroatoms. The second-order valence-corrected chi connectivity index (χ2v) is 44.3. The van der Waals surface area contributed by atoms with Crippen LogP contribution in [0.1, 0.15) is 658 Å². The van der Waals surface area contributed by atoms with Crippen molar-refractivity contribution in [3.63, 3.8) is 0 Å².